The van der Waals surface area contributed by atoms with Gasteiger partial charge in [0.05, 0.1) is 17.2 Å². The van der Waals surface area contributed by atoms with Gasteiger partial charge in [-0.3, -0.25) is 4.79 Å². The van der Waals surface area contributed by atoms with Crippen LogP contribution in [0.5, 0.6) is 11.5 Å². The molecule has 11 nitrogen and oxygen atoms in total. The summed E-state index contributed by atoms with van der Waals surface area (Å²) in [5.41, 5.74) is 8.58. The van der Waals surface area contributed by atoms with Crippen molar-refractivity contribution in [2.75, 3.05) is 24.3 Å². The van der Waals surface area contributed by atoms with Gasteiger partial charge in [-0.2, -0.15) is 0 Å². The van der Waals surface area contributed by atoms with Crippen LogP contribution in [-0.4, -0.2) is 51.4 Å². The van der Waals surface area contributed by atoms with Gasteiger partial charge in [-0.15, -0.1) is 15.0 Å². The number of nitrogens with zero attached hydrogens (tertiary/aromatic N) is 4. The summed E-state index contributed by atoms with van der Waals surface area (Å²) in [5.74, 6) is -0.121. The Balaban J connectivity index is 1.68. The Morgan fingerprint density at radius 3 is 2.34 bits per heavy atom. The normalized spacial score (nSPS) is 10.6. The molecule has 3 N–H and O–H groups in total. The van der Waals surface area contributed by atoms with E-state index in [4.69, 9.17) is 19.9 Å². The number of rotatable bonds is 12. The lowest BCUT2D eigenvalue weighted by atomic mass is 10.1. The minimum absolute atomic E-state index is 0.106. The molecule has 1 amide bonds. The first-order valence-corrected chi connectivity index (χ1v) is 12.7. The van der Waals surface area contributed by atoms with Crippen LogP contribution in [0.1, 0.15) is 34.6 Å². The zero-order chi connectivity index (χ0) is 29.4. The van der Waals surface area contributed by atoms with Crippen LogP contribution in [-0.2, 0) is 4.74 Å². The second kappa shape index (κ2) is 13.1. The molecule has 11 heteroatoms. The Bertz CT molecular complexity index is 1540. The Morgan fingerprint density at radius 2 is 1.68 bits per heavy atom. The van der Waals surface area contributed by atoms with Gasteiger partial charge < -0.3 is 25.3 Å². The van der Waals surface area contributed by atoms with Crippen LogP contribution >= 0.6 is 0 Å². The minimum atomic E-state index is -0.491. The van der Waals surface area contributed by atoms with Crippen molar-refractivity contribution in [3.05, 3.63) is 97.1 Å². The summed E-state index contributed by atoms with van der Waals surface area (Å²) < 4.78 is 17.1. The van der Waals surface area contributed by atoms with E-state index >= 15 is 0 Å². The third kappa shape index (κ3) is 6.95. The second-order valence-corrected chi connectivity index (χ2v) is 9.00. The summed E-state index contributed by atoms with van der Waals surface area (Å²) >= 11 is 0. The highest BCUT2D eigenvalue weighted by Gasteiger charge is 2.25. The number of ether oxygens (including phenoxy) is 3. The van der Waals surface area contributed by atoms with E-state index < -0.39 is 11.9 Å². The Morgan fingerprint density at radius 1 is 0.976 bits per heavy atom. The van der Waals surface area contributed by atoms with Crippen LogP contribution in [0.15, 0.2) is 86.0 Å². The monoisotopic (exact) mass is 554 g/mol. The fourth-order valence-corrected chi connectivity index (χ4v) is 3.69. The average Bonchev–Trinajstić information content (AvgIpc) is 3.45. The van der Waals surface area contributed by atoms with Crippen LogP contribution in [0, 0.1) is 0 Å². The van der Waals surface area contributed by atoms with Gasteiger partial charge in [0.2, 0.25) is 5.82 Å². The smallest absolute Gasteiger partial charge is 0.338 e. The maximum atomic E-state index is 13.4. The summed E-state index contributed by atoms with van der Waals surface area (Å²) in [6.45, 7) is 11.2. The topological polar surface area (TPSA) is 143 Å². The van der Waals surface area contributed by atoms with Gasteiger partial charge in [-0.1, -0.05) is 25.3 Å². The molecule has 0 aliphatic heterocycles. The Labute approximate surface area is 237 Å². The fraction of sp³-hybridized carbons (Fsp3) is 0.167. The third-order valence-corrected chi connectivity index (χ3v) is 5.54. The molecule has 3 aromatic carbocycles. The van der Waals surface area contributed by atoms with Crippen LogP contribution in [0.4, 0.5) is 11.4 Å². The molecule has 0 aliphatic rings. The number of tetrazole rings is 1. The van der Waals surface area contributed by atoms with Crippen LogP contribution < -0.4 is 20.5 Å². The predicted molar refractivity (Wildman–Crippen MR) is 155 cm³/mol. The van der Waals surface area contributed by atoms with Crippen molar-refractivity contribution in [3.8, 4) is 28.6 Å². The largest absolute Gasteiger partial charge is 0.485 e. The third-order valence-electron chi connectivity index (χ3n) is 5.54. The SMILES string of the molecule is C=CCOC(=O)c1ccc(NC(=O)c2ccc(-n3nnc(-c4ccc(N)cc4)n3)c(OC(C)C)c2OCC=C)cc1. The number of amides is 1. The Hall–Kier alpha value is -5.45. The molecule has 1 heterocycles. The number of aromatic nitrogens is 4. The number of esters is 1. The maximum Gasteiger partial charge on any atom is 0.338 e. The zero-order valence-electron chi connectivity index (χ0n) is 22.7. The van der Waals surface area contributed by atoms with E-state index in [-0.39, 0.29) is 36.4 Å². The first-order chi connectivity index (χ1) is 19.8. The highest BCUT2D eigenvalue weighted by molar-refractivity contribution is 6.07. The molecule has 4 aromatic rings. The molecule has 0 bridgehead atoms. The molecular formula is C30H30N6O5. The molecule has 0 saturated carbocycles. The lowest BCUT2D eigenvalue weighted by Crippen LogP contribution is -2.17. The van der Waals surface area contributed by atoms with Gasteiger partial charge in [0, 0.05) is 16.9 Å². The van der Waals surface area contributed by atoms with Gasteiger partial charge in [-0.05, 0) is 79.7 Å². The Kier molecular flexibility index (Phi) is 9.10. The van der Waals surface area contributed by atoms with E-state index in [0.29, 0.717) is 28.5 Å². The van der Waals surface area contributed by atoms with Crippen molar-refractivity contribution in [3.63, 3.8) is 0 Å². The fourth-order valence-electron chi connectivity index (χ4n) is 3.69. The van der Waals surface area contributed by atoms with Crippen molar-refractivity contribution in [2.45, 2.75) is 20.0 Å². The van der Waals surface area contributed by atoms with Crippen molar-refractivity contribution in [1.82, 2.24) is 20.2 Å². The van der Waals surface area contributed by atoms with Crippen molar-refractivity contribution in [1.29, 1.82) is 0 Å². The lowest BCUT2D eigenvalue weighted by Gasteiger charge is -2.20. The quantitative estimate of drug-likeness (QED) is 0.143. The van der Waals surface area contributed by atoms with E-state index in [0.717, 1.165) is 5.56 Å². The summed E-state index contributed by atoms with van der Waals surface area (Å²) in [6.07, 6.45) is 2.77. The second-order valence-electron chi connectivity index (χ2n) is 9.00. The number of carbonyl (C=O) groups excluding carboxylic acids is 2. The molecule has 0 fully saturated rings. The molecule has 41 heavy (non-hydrogen) atoms. The number of anilines is 2. The molecule has 0 spiro atoms. The number of benzene rings is 3. The van der Waals surface area contributed by atoms with E-state index in [2.05, 4.69) is 33.9 Å². The molecule has 1 aromatic heterocycles. The first kappa shape index (κ1) is 28.6. The molecule has 0 radical (unpaired) electrons. The van der Waals surface area contributed by atoms with Crippen LogP contribution in [0.25, 0.3) is 17.1 Å². The number of hydrogen-bond acceptors (Lipinski definition) is 9. The van der Waals surface area contributed by atoms with Crippen LogP contribution in [0.3, 0.4) is 0 Å². The molecule has 4 rings (SSSR count). The van der Waals surface area contributed by atoms with Crippen LogP contribution in [0.2, 0.25) is 0 Å². The van der Waals surface area contributed by atoms with E-state index in [1.807, 2.05) is 13.8 Å². The van der Waals surface area contributed by atoms with Crippen molar-refractivity contribution in [2.24, 2.45) is 0 Å². The first-order valence-electron chi connectivity index (χ1n) is 12.7. The van der Waals surface area contributed by atoms with Gasteiger partial charge in [-0.25, -0.2) is 4.79 Å². The number of nitrogen functional groups attached to an aromatic ring is 1. The molecular weight excluding hydrogens is 524 g/mol. The number of nitrogens with two attached hydrogens (primary N) is 1. The summed E-state index contributed by atoms with van der Waals surface area (Å²) in [5, 5.41) is 15.7. The zero-order valence-corrected chi connectivity index (χ0v) is 22.7. The molecule has 0 atom stereocenters. The molecule has 0 aliphatic carbocycles. The predicted octanol–water partition coefficient (Wildman–Crippen LogP) is 4.86. The minimum Gasteiger partial charge on any atom is -0.485 e. The maximum absolute atomic E-state index is 13.4. The van der Waals surface area contributed by atoms with Gasteiger partial charge in [0.25, 0.3) is 5.91 Å². The molecule has 0 unspecified atom stereocenters. The van der Waals surface area contributed by atoms with E-state index in [9.17, 15) is 9.59 Å². The highest BCUT2D eigenvalue weighted by atomic mass is 16.5. The van der Waals surface area contributed by atoms with Crippen molar-refractivity contribution >= 4 is 23.3 Å². The van der Waals surface area contributed by atoms with Crippen molar-refractivity contribution < 1.29 is 23.8 Å². The van der Waals surface area contributed by atoms with E-state index in [1.54, 1.807) is 66.7 Å². The molecule has 210 valence electrons. The van der Waals surface area contributed by atoms with Gasteiger partial charge in [0.1, 0.15) is 18.9 Å². The van der Waals surface area contributed by atoms with Gasteiger partial charge in [0.15, 0.2) is 11.5 Å². The summed E-state index contributed by atoms with van der Waals surface area (Å²) in [7, 11) is 0. The average molecular weight is 555 g/mol. The van der Waals surface area contributed by atoms with Gasteiger partial charge >= 0.3 is 5.97 Å². The number of hydrogen-bond donors (Lipinski definition) is 2. The summed E-state index contributed by atoms with van der Waals surface area (Å²) in [4.78, 5) is 26.8. The summed E-state index contributed by atoms with van der Waals surface area (Å²) in [6, 6.07) is 16.7. The standard InChI is InChI=1S/C30H30N6O5/c1-5-17-39-26-24(29(37)32-23-13-9-21(10-14-23)30(38)40-18-6-2)15-16-25(27(26)41-19(3)4)36-34-28(33-35-36)20-7-11-22(31)12-8-20/h5-16,19H,1-2,17-18,31H2,3-4H3,(H,32,37). The number of carbonyl (C=O) groups is 2. The highest BCUT2D eigenvalue weighted by Crippen LogP contribution is 2.38. The lowest BCUT2D eigenvalue weighted by molar-refractivity contribution is 0.0549. The number of nitrogens with one attached hydrogen (secondary N) is 1. The molecule has 0 saturated heterocycles. The van der Waals surface area contributed by atoms with E-state index in [1.165, 1.54) is 10.9 Å².